The van der Waals surface area contributed by atoms with Crippen molar-refractivity contribution in [2.45, 2.75) is 37.6 Å². The molecule has 3 aromatic rings. The minimum atomic E-state index is -4.00. The molecule has 36 heavy (non-hydrogen) atoms. The summed E-state index contributed by atoms with van der Waals surface area (Å²) >= 11 is 0. The fourth-order valence-corrected chi connectivity index (χ4v) is 6.00. The van der Waals surface area contributed by atoms with E-state index in [0.717, 1.165) is 23.0 Å². The van der Waals surface area contributed by atoms with Gasteiger partial charge >= 0.3 is 0 Å². The molecule has 0 aromatic heterocycles. The number of nitrogens with zero attached hydrogens (tertiary/aromatic N) is 2. The van der Waals surface area contributed by atoms with Gasteiger partial charge in [-0.2, -0.15) is 0 Å². The Morgan fingerprint density at radius 3 is 2.31 bits per heavy atom. The Bertz CT molecular complexity index is 1290. The van der Waals surface area contributed by atoms with Crippen LogP contribution in [0.3, 0.4) is 0 Å². The number of carbonyl (C=O) groups is 1. The van der Waals surface area contributed by atoms with Gasteiger partial charge in [-0.3, -0.25) is 9.10 Å². The van der Waals surface area contributed by atoms with E-state index in [-0.39, 0.29) is 23.4 Å². The molecular weight excluding hydrogens is 474 g/mol. The Labute approximate surface area is 213 Å². The minimum absolute atomic E-state index is 0.100. The molecule has 0 bridgehead atoms. The van der Waals surface area contributed by atoms with Gasteiger partial charge in [-0.05, 0) is 80.3 Å². The lowest BCUT2D eigenvalue weighted by atomic mass is 10.1. The monoisotopic (exact) mass is 507 g/mol. The van der Waals surface area contributed by atoms with Gasteiger partial charge in [0.1, 0.15) is 12.3 Å². The highest BCUT2D eigenvalue weighted by molar-refractivity contribution is 7.92. The summed E-state index contributed by atoms with van der Waals surface area (Å²) in [6.45, 7) is 5.49. The summed E-state index contributed by atoms with van der Waals surface area (Å²) in [5, 5.41) is 2.96. The first kappa shape index (κ1) is 25.6. The predicted molar refractivity (Wildman–Crippen MR) is 143 cm³/mol. The molecule has 7 nitrogen and oxygen atoms in total. The molecule has 1 aliphatic rings. The summed E-state index contributed by atoms with van der Waals surface area (Å²) in [6.07, 6.45) is 2.43. The first-order valence-corrected chi connectivity index (χ1v) is 13.6. The van der Waals surface area contributed by atoms with Crippen LogP contribution in [0, 0.1) is 6.92 Å². The van der Waals surface area contributed by atoms with Crippen molar-refractivity contribution in [1.82, 2.24) is 5.32 Å². The number of amides is 1. The Balaban J connectivity index is 1.52. The normalized spacial score (nSPS) is 14.4. The molecule has 1 amide bonds. The third-order valence-corrected chi connectivity index (χ3v) is 8.30. The molecule has 1 fully saturated rings. The maximum atomic E-state index is 13.6. The molecule has 4 rings (SSSR count). The maximum absolute atomic E-state index is 13.6. The number of aryl methyl sites for hydroxylation is 1. The molecule has 0 spiro atoms. The van der Waals surface area contributed by atoms with Crippen molar-refractivity contribution >= 4 is 27.3 Å². The van der Waals surface area contributed by atoms with E-state index in [9.17, 15) is 13.2 Å². The Kier molecular flexibility index (Phi) is 7.84. The van der Waals surface area contributed by atoms with Crippen LogP contribution in [0.25, 0.3) is 0 Å². The van der Waals surface area contributed by atoms with Crippen molar-refractivity contribution in [3.8, 4) is 5.75 Å². The molecule has 8 heteroatoms. The molecule has 1 heterocycles. The van der Waals surface area contributed by atoms with Gasteiger partial charge in [0.25, 0.3) is 10.0 Å². The van der Waals surface area contributed by atoms with Crippen LogP contribution in [-0.2, 0) is 14.8 Å². The maximum Gasteiger partial charge on any atom is 0.264 e. The number of benzene rings is 3. The Morgan fingerprint density at radius 2 is 1.69 bits per heavy atom. The average Bonchev–Trinajstić information content (AvgIpc) is 3.43. The number of carbonyl (C=O) groups excluding carboxylic acids is 1. The van der Waals surface area contributed by atoms with E-state index in [1.807, 2.05) is 19.1 Å². The van der Waals surface area contributed by atoms with Gasteiger partial charge in [-0.15, -0.1) is 0 Å². The summed E-state index contributed by atoms with van der Waals surface area (Å²) in [5.41, 5.74) is 3.27. The molecule has 0 saturated carbocycles. The number of rotatable bonds is 9. The number of hydrogen-bond donors (Lipinski definition) is 1. The predicted octanol–water partition coefficient (Wildman–Crippen LogP) is 4.68. The van der Waals surface area contributed by atoms with Gasteiger partial charge in [0.2, 0.25) is 5.91 Å². The van der Waals surface area contributed by atoms with Crippen molar-refractivity contribution in [2.75, 3.05) is 35.9 Å². The molecule has 0 radical (unpaired) electrons. The van der Waals surface area contributed by atoms with Gasteiger partial charge in [-0.25, -0.2) is 8.42 Å². The fourth-order valence-electron chi connectivity index (χ4n) is 4.50. The number of nitrogens with one attached hydrogen (secondary N) is 1. The van der Waals surface area contributed by atoms with Crippen LogP contribution < -0.4 is 19.3 Å². The van der Waals surface area contributed by atoms with Crippen LogP contribution >= 0.6 is 0 Å². The molecule has 1 aliphatic heterocycles. The van der Waals surface area contributed by atoms with Crippen LogP contribution in [0.15, 0.2) is 77.7 Å². The van der Waals surface area contributed by atoms with Gasteiger partial charge in [0.15, 0.2) is 0 Å². The molecule has 1 N–H and O–H groups in total. The molecule has 3 aromatic carbocycles. The second kappa shape index (κ2) is 11.0. The summed E-state index contributed by atoms with van der Waals surface area (Å²) in [6, 6.07) is 21.3. The van der Waals surface area contributed by atoms with Crippen molar-refractivity contribution in [2.24, 2.45) is 0 Å². The third kappa shape index (κ3) is 5.65. The van der Waals surface area contributed by atoms with Crippen molar-refractivity contribution in [1.29, 1.82) is 0 Å². The van der Waals surface area contributed by atoms with Gasteiger partial charge in [0.05, 0.1) is 23.7 Å². The zero-order chi connectivity index (χ0) is 25.7. The standard InChI is InChI=1S/C28H33N3O4S/c1-21-19-26(15-16-27(21)35-3)36(33,34)31(25-9-5-4-6-10-25)20-28(32)29-22(2)23-11-13-24(14-12-23)30-17-7-8-18-30/h4-6,9-16,19,22H,7-8,17-18,20H2,1-3H3,(H,29,32). The van der Waals surface area contributed by atoms with Crippen molar-refractivity contribution < 1.29 is 17.9 Å². The van der Waals surface area contributed by atoms with E-state index in [1.165, 1.54) is 31.7 Å². The Hall–Kier alpha value is -3.52. The fraction of sp³-hybridized carbons (Fsp3) is 0.321. The highest BCUT2D eigenvalue weighted by Gasteiger charge is 2.28. The van der Waals surface area contributed by atoms with E-state index in [4.69, 9.17) is 4.74 Å². The molecule has 1 atom stereocenters. The molecule has 1 unspecified atom stereocenters. The lowest BCUT2D eigenvalue weighted by Crippen LogP contribution is -2.41. The zero-order valence-electron chi connectivity index (χ0n) is 21.0. The summed E-state index contributed by atoms with van der Waals surface area (Å²) in [5.74, 6) is 0.214. The number of anilines is 2. The molecule has 190 valence electrons. The highest BCUT2D eigenvalue weighted by Crippen LogP contribution is 2.28. The van der Waals surface area contributed by atoms with Crippen LogP contribution in [-0.4, -0.2) is 41.1 Å². The summed E-state index contributed by atoms with van der Waals surface area (Å²) in [7, 11) is -2.46. The number of methoxy groups -OCH3 is 1. The quantitative estimate of drug-likeness (QED) is 0.455. The Morgan fingerprint density at radius 1 is 1.03 bits per heavy atom. The second-order valence-corrected chi connectivity index (χ2v) is 10.9. The number of sulfonamides is 1. The van der Waals surface area contributed by atoms with Gasteiger partial charge < -0.3 is 15.0 Å². The summed E-state index contributed by atoms with van der Waals surface area (Å²) in [4.78, 5) is 15.5. The SMILES string of the molecule is COc1ccc(S(=O)(=O)N(CC(=O)NC(C)c2ccc(N3CCCC3)cc2)c2ccccc2)cc1C. The topological polar surface area (TPSA) is 79.0 Å². The lowest BCUT2D eigenvalue weighted by molar-refractivity contribution is -0.120. The average molecular weight is 508 g/mol. The van der Waals surface area contributed by atoms with Crippen molar-refractivity contribution in [3.05, 3.63) is 83.9 Å². The number of hydrogen-bond acceptors (Lipinski definition) is 5. The van der Waals surface area contributed by atoms with E-state index in [1.54, 1.807) is 49.4 Å². The smallest absolute Gasteiger partial charge is 0.264 e. The van der Waals surface area contributed by atoms with Crippen LogP contribution in [0.1, 0.15) is 36.9 Å². The molecule has 0 aliphatic carbocycles. The highest BCUT2D eigenvalue weighted by atomic mass is 32.2. The van der Waals surface area contributed by atoms with E-state index < -0.39 is 10.0 Å². The largest absolute Gasteiger partial charge is 0.496 e. The van der Waals surface area contributed by atoms with E-state index >= 15 is 0 Å². The zero-order valence-corrected chi connectivity index (χ0v) is 21.8. The lowest BCUT2D eigenvalue weighted by Gasteiger charge is -2.25. The molecular formula is C28H33N3O4S. The second-order valence-electron chi connectivity index (χ2n) is 9.05. The van der Waals surface area contributed by atoms with Crippen LogP contribution in [0.4, 0.5) is 11.4 Å². The number of ether oxygens (including phenoxy) is 1. The van der Waals surface area contributed by atoms with Crippen molar-refractivity contribution in [3.63, 3.8) is 0 Å². The van der Waals surface area contributed by atoms with Crippen LogP contribution in [0.5, 0.6) is 5.75 Å². The van der Waals surface area contributed by atoms with Crippen LogP contribution in [0.2, 0.25) is 0 Å². The minimum Gasteiger partial charge on any atom is -0.496 e. The third-order valence-electron chi connectivity index (χ3n) is 6.53. The van der Waals surface area contributed by atoms with E-state index in [0.29, 0.717) is 17.0 Å². The number of para-hydroxylation sites is 1. The van der Waals surface area contributed by atoms with Gasteiger partial charge in [0, 0.05) is 18.8 Å². The molecule has 1 saturated heterocycles. The first-order chi connectivity index (χ1) is 17.3. The summed E-state index contributed by atoms with van der Waals surface area (Å²) < 4.78 is 33.7. The van der Waals surface area contributed by atoms with E-state index in [2.05, 4.69) is 22.3 Å². The van der Waals surface area contributed by atoms with Gasteiger partial charge in [-0.1, -0.05) is 30.3 Å². The first-order valence-electron chi connectivity index (χ1n) is 12.2.